The highest BCUT2D eigenvalue weighted by molar-refractivity contribution is 5.74. The van der Waals surface area contributed by atoms with Gasteiger partial charge in [0, 0.05) is 30.8 Å². The first kappa shape index (κ1) is 15.2. The van der Waals surface area contributed by atoms with Crippen molar-refractivity contribution in [3.8, 4) is 0 Å². The molecule has 124 valence electrons. The van der Waals surface area contributed by atoms with E-state index >= 15 is 0 Å². The number of hydrogen-bond donors (Lipinski definition) is 1. The van der Waals surface area contributed by atoms with Crippen LogP contribution in [0, 0.1) is 13.8 Å². The largest absolute Gasteiger partial charge is 0.431 e. The Kier molecular flexibility index (Phi) is 3.57. The van der Waals surface area contributed by atoms with E-state index < -0.39 is 5.60 Å². The molecule has 1 atom stereocenters. The van der Waals surface area contributed by atoms with Gasteiger partial charge in [-0.2, -0.15) is 0 Å². The van der Waals surface area contributed by atoms with Crippen LogP contribution in [0.2, 0.25) is 0 Å². The van der Waals surface area contributed by atoms with Crippen LogP contribution < -0.4 is 5.32 Å². The maximum absolute atomic E-state index is 12.6. The average molecular weight is 322 g/mol. The van der Waals surface area contributed by atoms with Crippen LogP contribution in [0.25, 0.3) is 0 Å². The fourth-order valence-corrected chi connectivity index (χ4v) is 3.82. The fourth-order valence-electron chi connectivity index (χ4n) is 3.82. The minimum atomic E-state index is -0.758. The Labute approximate surface area is 142 Å². The van der Waals surface area contributed by atoms with Gasteiger partial charge >= 0.3 is 6.09 Å². The predicted octanol–water partition coefficient (Wildman–Crippen LogP) is 2.97. The summed E-state index contributed by atoms with van der Waals surface area (Å²) < 4.78 is 6.09. The molecule has 2 aromatic carbocycles. The molecular weight excluding hydrogens is 300 g/mol. The minimum absolute atomic E-state index is 0.0378. The summed E-state index contributed by atoms with van der Waals surface area (Å²) in [6.45, 7) is 6.36. The van der Waals surface area contributed by atoms with Gasteiger partial charge in [-0.25, -0.2) is 4.79 Å². The summed E-state index contributed by atoms with van der Waals surface area (Å²) in [7, 11) is 0. The van der Waals surface area contributed by atoms with Gasteiger partial charge in [0.1, 0.15) is 0 Å². The van der Waals surface area contributed by atoms with Gasteiger partial charge in [-0.15, -0.1) is 0 Å². The first-order valence-corrected chi connectivity index (χ1v) is 8.46. The minimum Gasteiger partial charge on any atom is -0.431 e. The van der Waals surface area contributed by atoms with E-state index in [0.29, 0.717) is 6.54 Å². The molecular formula is C20H22N2O2. The summed E-state index contributed by atoms with van der Waals surface area (Å²) in [6, 6.07) is 16.6. The van der Waals surface area contributed by atoms with Crippen molar-refractivity contribution in [2.24, 2.45) is 0 Å². The normalized spacial score (nSPS) is 22.2. The number of carbonyl (C=O) groups excluding carboxylic acids is 1. The van der Waals surface area contributed by atoms with Gasteiger partial charge in [-0.05, 0) is 13.8 Å². The summed E-state index contributed by atoms with van der Waals surface area (Å²) in [6.07, 6.45) is -0.220. The second-order valence-corrected chi connectivity index (χ2v) is 6.75. The van der Waals surface area contributed by atoms with E-state index in [-0.39, 0.29) is 12.1 Å². The first-order chi connectivity index (χ1) is 11.6. The van der Waals surface area contributed by atoms with Gasteiger partial charge in [-0.3, -0.25) is 4.90 Å². The molecule has 4 heteroatoms. The zero-order chi connectivity index (χ0) is 16.7. The summed E-state index contributed by atoms with van der Waals surface area (Å²) in [5.41, 5.74) is 3.69. The average Bonchev–Trinajstić information content (AvgIpc) is 2.91. The number of cyclic esters (lactones) is 1. The molecule has 4 rings (SSSR count). The fraction of sp³-hybridized carbons (Fsp3) is 0.350. The SMILES string of the molecule is Cc1ccc(C2(c3ccc(C)cc3)OC(=O)N3CCNCC32)cc1. The topological polar surface area (TPSA) is 41.6 Å². The molecule has 0 spiro atoms. The molecule has 0 bridgehead atoms. The molecule has 1 N–H and O–H groups in total. The van der Waals surface area contributed by atoms with Crippen molar-refractivity contribution in [3.63, 3.8) is 0 Å². The van der Waals surface area contributed by atoms with E-state index in [2.05, 4.69) is 67.7 Å². The van der Waals surface area contributed by atoms with Crippen LogP contribution in [-0.4, -0.2) is 36.7 Å². The monoisotopic (exact) mass is 322 g/mol. The molecule has 2 saturated heterocycles. The second kappa shape index (κ2) is 5.64. The van der Waals surface area contributed by atoms with Crippen LogP contribution in [-0.2, 0) is 10.3 Å². The molecule has 2 aliphatic heterocycles. The smallest absolute Gasteiger partial charge is 0.411 e. The molecule has 2 heterocycles. The van der Waals surface area contributed by atoms with Crippen molar-refractivity contribution in [1.29, 1.82) is 0 Å². The maximum atomic E-state index is 12.6. The van der Waals surface area contributed by atoms with Gasteiger partial charge in [0.25, 0.3) is 0 Å². The van der Waals surface area contributed by atoms with E-state index in [1.165, 1.54) is 11.1 Å². The standard InChI is InChI=1S/C20H22N2O2/c1-14-3-7-16(8-4-14)20(17-9-5-15(2)6-10-17)18-13-21-11-12-22(18)19(23)24-20/h3-10,18,21H,11-13H2,1-2H3. The number of piperazine rings is 1. The van der Waals surface area contributed by atoms with Crippen molar-refractivity contribution in [3.05, 3.63) is 70.8 Å². The Morgan fingerprint density at radius 1 is 1.00 bits per heavy atom. The van der Waals surface area contributed by atoms with Gasteiger partial charge in [0.2, 0.25) is 0 Å². The summed E-state index contributed by atoms with van der Waals surface area (Å²) in [4.78, 5) is 14.5. The third kappa shape index (κ3) is 2.21. The maximum Gasteiger partial charge on any atom is 0.411 e. The van der Waals surface area contributed by atoms with Crippen molar-refractivity contribution in [2.75, 3.05) is 19.6 Å². The number of fused-ring (bicyclic) bond motifs is 1. The van der Waals surface area contributed by atoms with Gasteiger partial charge in [0.05, 0.1) is 6.04 Å². The number of rotatable bonds is 2. The van der Waals surface area contributed by atoms with E-state index in [9.17, 15) is 4.79 Å². The second-order valence-electron chi connectivity index (χ2n) is 6.75. The van der Waals surface area contributed by atoms with E-state index in [1.807, 2.05) is 4.90 Å². The number of aryl methyl sites for hydroxylation is 2. The zero-order valence-corrected chi connectivity index (χ0v) is 14.1. The summed E-state index contributed by atoms with van der Waals surface area (Å²) in [5.74, 6) is 0. The quantitative estimate of drug-likeness (QED) is 0.924. The third-order valence-electron chi connectivity index (χ3n) is 5.16. The number of nitrogens with zero attached hydrogens (tertiary/aromatic N) is 1. The first-order valence-electron chi connectivity index (χ1n) is 8.46. The number of benzene rings is 2. The molecule has 2 fully saturated rings. The van der Waals surface area contributed by atoms with E-state index in [4.69, 9.17) is 4.74 Å². The Hall–Kier alpha value is -2.33. The lowest BCUT2D eigenvalue weighted by molar-refractivity contribution is 0.0658. The van der Waals surface area contributed by atoms with E-state index in [1.54, 1.807) is 0 Å². The van der Waals surface area contributed by atoms with Gasteiger partial charge in [0.15, 0.2) is 5.60 Å². The summed E-state index contributed by atoms with van der Waals surface area (Å²) >= 11 is 0. The van der Waals surface area contributed by atoms with E-state index in [0.717, 1.165) is 24.2 Å². The Bertz CT molecular complexity index is 707. The number of hydrogen-bond acceptors (Lipinski definition) is 3. The van der Waals surface area contributed by atoms with Crippen LogP contribution in [0.1, 0.15) is 22.3 Å². The molecule has 2 aliphatic rings. The van der Waals surface area contributed by atoms with Gasteiger partial charge < -0.3 is 10.1 Å². The van der Waals surface area contributed by atoms with Gasteiger partial charge in [-0.1, -0.05) is 59.7 Å². The lowest BCUT2D eigenvalue weighted by Gasteiger charge is -2.38. The highest BCUT2D eigenvalue weighted by Gasteiger charge is 2.56. The number of amides is 1. The molecule has 0 saturated carbocycles. The highest BCUT2D eigenvalue weighted by atomic mass is 16.6. The van der Waals surface area contributed by atoms with Crippen LogP contribution in [0.4, 0.5) is 4.79 Å². The van der Waals surface area contributed by atoms with Crippen LogP contribution in [0.3, 0.4) is 0 Å². The summed E-state index contributed by atoms with van der Waals surface area (Å²) in [5, 5.41) is 3.42. The molecule has 0 aliphatic carbocycles. The zero-order valence-electron chi connectivity index (χ0n) is 14.1. The molecule has 4 nitrogen and oxygen atoms in total. The van der Waals surface area contributed by atoms with Crippen LogP contribution in [0.15, 0.2) is 48.5 Å². The Morgan fingerprint density at radius 2 is 1.54 bits per heavy atom. The van der Waals surface area contributed by atoms with Crippen LogP contribution in [0.5, 0.6) is 0 Å². The molecule has 0 radical (unpaired) electrons. The number of ether oxygens (including phenoxy) is 1. The molecule has 2 aromatic rings. The lowest BCUT2D eigenvalue weighted by Crippen LogP contribution is -2.55. The Morgan fingerprint density at radius 3 is 2.08 bits per heavy atom. The van der Waals surface area contributed by atoms with Crippen LogP contribution >= 0.6 is 0 Å². The van der Waals surface area contributed by atoms with Crippen molar-refractivity contribution < 1.29 is 9.53 Å². The molecule has 1 unspecified atom stereocenters. The number of nitrogens with one attached hydrogen (secondary N) is 1. The lowest BCUT2D eigenvalue weighted by atomic mass is 9.79. The highest BCUT2D eigenvalue weighted by Crippen LogP contribution is 2.45. The predicted molar refractivity (Wildman–Crippen MR) is 93.0 cm³/mol. The van der Waals surface area contributed by atoms with Crippen molar-refractivity contribution >= 4 is 6.09 Å². The number of carbonyl (C=O) groups is 1. The molecule has 24 heavy (non-hydrogen) atoms. The third-order valence-corrected chi connectivity index (χ3v) is 5.16. The van der Waals surface area contributed by atoms with Crippen molar-refractivity contribution in [1.82, 2.24) is 10.2 Å². The Balaban J connectivity index is 1.91. The van der Waals surface area contributed by atoms with Crippen molar-refractivity contribution in [2.45, 2.75) is 25.5 Å². The molecule has 1 amide bonds. The molecule has 0 aromatic heterocycles.